The molecule has 3 fully saturated rings. The average Bonchev–Trinajstić information content (AvgIpc) is 3.50. The molecule has 2 atom stereocenters. The predicted molar refractivity (Wildman–Crippen MR) is 91.4 cm³/mol. The van der Waals surface area contributed by atoms with Crippen molar-refractivity contribution in [2.24, 2.45) is 5.92 Å². The summed E-state index contributed by atoms with van der Waals surface area (Å²) in [5.41, 5.74) is 0.925. The number of hydrogen-bond donors (Lipinski definition) is 1. The van der Waals surface area contributed by atoms with Crippen molar-refractivity contribution in [1.29, 1.82) is 0 Å². The highest BCUT2D eigenvalue weighted by molar-refractivity contribution is 5.83. The summed E-state index contributed by atoms with van der Waals surface area (Å²) in [7, 11) is 0. The molecule has 2 amide bonds. The van der Waals surface area contributed by atoms with Gasteiger partial charge in [-0.1, -0.05) is 12.1 Å². The summed E-state index contributed by atoms with van der Waals surface area (Å²) in [5, 5.41) is 3.00. The fraction of sp³-hybridized carbons (Fsp3) is 0.579. The molecule has 0 aromatic heterocycles. The maximum absolute atomic E-state index is 13.3. The van der Waals surface area contributed by atoms with Crippen LogP contribution in [0.5, 0.6) is 0 Å². The summed E-state index contributed by atoms with van der Waals surface area (Å²) in [4.78, 5) is 28.5. The lowest BCUT2D eigenvalue weighted by atomic mass is 10.1. The number of rotatable bonds is 5. The minimum Gasteiger partial charge on any atom is -0.352 e. The Morgan fingerprint density at radius 1 is 1.16 bits per heavy atom. The number of benzene rings is 1. The van der Waals surface area contributed by atoms with E-state index < -0.39 is 0 Å². The Balaban J connectivity index is 1.24. The third-order valence-corrected chi connectivity index (χ3v) is 5.38. The van der Waals surface area contributed by atoms with Gasteiger partial charge in [-0.25, -0.2) is 4.39 Å². The van der Waals surface area contributed by atoms with Gasteiger partial charge in [0, 0.05) is 38.1 Å². The Labute approximate surface area is 147 Å². The molecule has 0 spiro atoms. The van der Waals surface area contributed by atoms with Crippen molar-refractivity contribution in [3.63, 3.8) is 0 Å². The van der Waals surface area contributed by atoms with Crippen LogP contribution in [0.1, 0.15) is 30.7 Å². The van der Waals surface area contributed by atoms with Crippen molar-refractivity contribution < 1.29 is 14.0 Å². The zero-order chi connectivity index (χ0) is 17.4. The number of carbonyl (C=O) groups is 2. The second-order valence-corrected chi connectivity index (χ2v) is 7.45. The van der Waals surface area contributed by atoms with Crippen LogP contribution in [-0.2, 0) is 9.59 Å². The van der Waals surface area contributed by atoms with Crippen LogP contribution in [0.25, 0.3) is 0 Å². The maximum Gasteiger partial charge on any atom is 0.234 e. The lowest BCUT2D eigenvalue weighted by Crippen LogP contribution is -2.51. The number of carbonyl (C=O) groups excluding carboxylic acids is 2. The molecule has 1 heterocycles. The summed E-state index contributed by atoms with van der Waals surface area (Å²) in [6.45, 7) is 3.24. The standard InChI is InChI=1S/C19H24FN3O2/c20-14-3-1-2-13(10-14)16-11-17(16)19(25)23-8-6-22(7-9-23)12-18(24)21-15-4-5-15/h1-3,10,15-17H,4-9,11-12H2,(H,21,24)/t16-,17-/m0/s1. The number of amides is 2. The Kier molecular flexibility index (Phi) is 4.46. The first-order valence-electron chi connectivity index (χ1n) is 9.16. The molecule has 0 radical (unpaired) electrons. The van der Waals surface area contributed by atoms with Crippen LogP contribution in [0.3, 0.4) is 0 Å². The van der Waals surface area contributed by atoms with Gasteiger partial charge in [0.05, 0.1) is 6.54 Å². The highest BCUT2D eigenvalue weighted by Gasteiger charge is 2.46. The number of nitrogens with zero attached hydrogens (tertiary/aromatic N) is 2. The van der Waals surface area contributed by atoms with Crippen LogP contribution in [0.4, 0.5) is 4.39 Å². The van der Waals surface area contributed by atoms with E-state index >= 15 is 0 Å². The van der Waals surface area contributed by atoms with Crippen LogP contribution in [-0.4, -0.2) is 60.4 Å². The van der Waals surface area contributed by atoms with Gasteiger partial charge in [-0.3, -0.25) is 14.5 Å². The summed E-state index contributed by atoms with van der Waals surface area (Å²) < 4.78 is 13.3. The van der Waals surface area contributed by atoms with Crippen LogP contribution < -0.4 is 5.32 Å². The summed E-state index contributed by atoms with van der Waals surface area (Å²) in [5.74, 6) is 0.178. The maximum atomic E-state index is 13.3. The summed E-state index contributed by atoms with van der Waals surface area (Å²) in [6.07, 6.45) is 3.01. The van der Waals surface area contributed by atoms with Gasteiger partial charge in [0.1, 0.15) is 5.82 Å². The van der Waals surface area contributed by atoms with Gasteiger partial charge in [-0.05, 0) is 42.9 Å². The fourth-order valence-corrected chi connectivity index (χ4v) is 3.64. The number of nitrogens with one attached hydrogen (secondary N) is 1. The van der Waals surface area contributed by atoms with Gasteiger partial charge < -0.3 is 10.2 Å². The van der Waals surface area contributed by atoms with E-state index in [4.69, 9.17) is 0 Å². The molecule has 2 saturated carbocycles. The third-order valence-electron chi connectivity index (χ3n) is 5.38. The lowest BCUT2D eigenvalue weighted by Gasteiger charge is -2.34. The van der Waals surface area contributed by atoms with Crippen LogP contribution in [0.15, 0.2) is 24.3 Å². The summed E-state index contributed by atoms with van der Waals surface area (Å²) in [6, 6.07) is 6.97. The molecule has 2 aliphatic carbocycles. The molecule has 1 saturated heterocycles. The topological polar surface area (TPSA) is 52.7 Å². The number of hydrogen-bond acceptors (Lipinski definition) is 3. The number of piperazine rings is 1. The molecule has 1 aromatic rings. The average molecular weight is 345 g/mol. The summed E-state index contributed by atoms with van der Waals surface area (Å²) >= 11 is 0. The molecule has 0 unspecified atom stereocenters. The molecule has 4 rings (SSSR count). The van der Waals surface area contributed by atoms with Gasteiger partial charge >= 0.3 is 0 Å². The van der Waals surface area contributed by atoms with Crippen LogP contribution in [0, 0.1) is 11.7 Å². The fourth-order valence-electron chi connectivity index (χ4n) is 3.64. The van der Waals surface area contributed by atoms with E-state index in [1.165, 1.54) is 12.1 Å². The van der Waals surface area contributed by atoms with Crippen molar-refractivity contribution in [3.05, 3.63) is 35.6 Å². The SMILES string of the molecule is O=C(CN1CCN(C(=O)[C@H]2C[C@H]2c2cccc(F)c2)CC1)NC1CC1. The van der Waals surface area contributed by atoms with E-state index in [0.717, 1.165) is 37.9 Å². The first-order chi connectivity index (χ1) is 12.1. The largest absolute Gasteiger partial charge is 0.352 e. The molecule has 1 N–H and O–H groups in total. The molecular weight excluding hydrogens is 321 g/mol. The van der Waals surface area contributed by atoms with Crippen molar-refractivity contribution in [2.75, 3.05) is 32.7 Å². The van der Waals surface area contributed by atoms with Gasteiger partial charge in [0.15, 0.2) is 0 Å². The smallest absolute Gasteiger partial charge is 0.234 e. The molecule has 1 aromatic carbocycles. The zero-order valence-corrected chi connectivity index (χ0v) is 14.3. The van der Waals surface area contributed by atoms with Crippen molar-refractivity contribution in [1.82, 2.24) is 15.1 Å². The monoisotopic (exact) mass is 345 g/mol. The zero-order valence-electron chi connectivity index (χ0n) is 14.3. The predicted octanol–water partition coefficient (Wildman–Crippen LogP) is 1.35. The Bertz CT molecular complexity index is 668. The van der Waals surface area contributed by atoms with E-state index in [2.05, 4.69) is 10.2 Å². The minimum atomic E-state index is -0.242. The second-order valence-electron chi connectivity index (χ2n) is 7.45. The molecule has 6 heteroatoms. The Morgan fingerprint density at radius 3 is 2.60 bits per heavy atom. The van der Waals surface area contributed by atoms with Gasteiger partial charge in [0.25, 0.3) is 0 Å². The molecule has 25 heavy (non-hydrogen) atoms. The van der Waals surface area contributed by atoms with Crippen molar-refractivity contribution >= 4 is 11.8 Å². The Morgan fingerprint density at radius 2 is 1.92 bits per heavy atom. The molecule has 3 aliphatic rings. The third kappa shape index (κ3) is 4.00. The second kappa shape index (κ2) is 6.75. The van der Waals surface area contributed by atoms with Gasteiger partial charge in [-0.2, -0.15) is 0 Å². The molecule has 0 bridgehead atoms. The molecule has 134 valence electrons. The van der Waals surface area contributed by atoms with E-state index in [1.54, 1.807) is 6.07 Å². The van der Waals surface area contributed by atoms with Crippen molar-refractivity contribution in [3.8, 4) is 0 Å². The number of halogens is 1. The van der Waals surface area contributed by atoms with Gasteiger partial charge in [-0.15, -0.1) is 0 Å². The molecule has 5 nitrogen and oxygen atoms in total. The molecule has 1 aliphatic heterocycles. The quantitative estimate of drug-likeness (QED) is 0.877. The highest BCUT2D eigenvalue weighted by Crippen LogP contribution is 2.48. The minimum absolute atomic E-state index is 0.00786. The van der Waals surface area contributed by atoms with Gasteiger partial charge in [0.2, 0.25) is 11.8 Å². The first kappa shape index (κ1) is 16.5. The molecular formula is C19H24FN3O2. The highest BCUT2D eigenvalue weighted by atomic mass is 19.1. The normalized spacial score (nSPS) is 26.4. The van der Waals surface area contributed by atoms with E-state index in [0.29, 0.717) is 25.7 Å². The van der Waals surface area contributed by atoms with Crippen LogP contribution in [0.2, 0.25) is 0 Å². The van der Waals surface area contributed by atoms with E-state index in [1.807, 2.05) is 11.0 Å². The van der Waals surface area contributed by atoms with Crippen molar-refractivity contribution in [2.45, 2.75) is 31.2 Å². The van der Waals surface area contributed by atoms with E-state index in [-0.39, 0.29) is 29.5 Å². The van der Waals surface area contributed by atoms with Crippen LogP contribution >= 0.6 is 0 Å². The van der Waals surface area contributed by atoms with E-state index in [9.17, 15) is 14.0 Å². The lowest BCUT2D eigenvalue weighted by molar-refractivity contribution is -0.134. The first-order valence-corrected chi connectivity index (χ1v) is 9.16. The Hall–Kier alpha value is -1.95.